The Balaban J connectivity index is 6.73. The molecular weight excluding hydrogens is 467 g/mol. The van der Waals surface area contributed by atoms with E-state index in [1.54, 1.807) is 12.9 Å². The van der Waals surface area contributed by atoms with E-state index in [2.05, 4.69) is 0 Å². The van der Waals surface area contributed by atoms with Crippen LogP contribution in [0.4, 0.5) is 74.6 Å². The molecule has 0 bridgehead atoms. The van der Waals surface area contributed by atoms with Crippen molar-refractivity contribution < 1.29 is 78.8 Å². The molecule has 0 radical (unpaired) electrons. The number of thiol groups is 1. The van der Waals surface area contributed by atoms with Crippen molar-refractivity contribution in [3.63, 3.8) is 0 Å². The Bertz CT molecular complexity index is 546. The third kappa shape index (κ3) is 3.17. The van der Waals surface area contributed by atoms with E-state index in [-0.39, 0.29) is 0 Å². The van der Waals surface area contributed by atoms with Gasteiger partial charge in [0.2, 0.25) is 0 Å². The third-order valence-electron chi connectivity index (χ3n) is 2.83. The first-order chi connectivity index (χ1) is 11.3. The van der Waals surface area contributed by atoms with Crippen molar-refractivity contribution in [3.05, 3.63) is 0 Å². The van der Waals surface area contributed by atoms with E-state index in [4.69, 9.17) is 0 Å². The molecule has 0 fully saturated rings. The first-order valence-corrected chi connectivity index (χ1v) is 5.71. The van der Waals surface area contributed by atoms with Crippen LogP contribution in [-0.2, 0) is 4.18 Å². The summed E-state index contributed by atoms with van der Waals surface area (Å²) >= 11 is 1.72. The zero-order valence-electron chi connectivity index (χ0n) is 11.3. The van der Waals surface area contributed by atoms with E-state index < -0.39 is 47.8 Å². The van der Waals surface area contributed by atoms with E-state index in [1.165, 1.54) is 0 Å². The number of rotatable bonds is 6. The van der Waals surface area contributed by atoms with Crippen LogP contribution in [0.5, 0.6) is 0 Å². The van der Waals surface area contributed by atoms with Gasteiger partial charge >= 0.3 is 47.8 Å². The summed E-state index contributed by atoms with van der Waals surface area (Å²) in [6, 6.07) is 0. The van der Waals surface area contributed by atoms with Gasteiger partial charge < -0.3 is 0 Å². The molecule has 0 aliphatic rings. The fourth-order valence-corrected chi connectivity index (χ4v) is 1.48. The van der Waals surface area contributed by atoms with Gasteiger partial charge in [-0.1, -0.05) is 0 Å². The molecule has 0 N–H and O–H groups in total. The molecule has 164 valence electrons. The van der Waals surface area contributed by atoms with Crippen LogP contribution in [0.3, 0.4) is 0 Å². The molecular formula is C8HF17OS. The van der Waals surface area contributed by atoms with E-state index in [0.29, 0.717) is 0 Å². The highest BCUT2D eigenvalue weighted by Gasteiger charge is 2.95. The van der Waals surface area contributed by atoms with Crippen molar-refractivity contribution in [1.82, 2.24) is 0 Å². The van der Waals surface area contributed by atoms with Crippen molar-refractivity contribution in [2.24, 2.45) is 0 Å². The van der Waals surface area contributed by atoms with Crippen LogP contribution in [0.25, 0.3) is 0 Å². The second-order valence-electron chi connectivity index (χ2n) is 4.55. The third-order valence-corrected chi connectivity index (χ3v) is 3.08. The molecule has 0 aromatic carbocycles. The van der Waals surface area contributed by atoms with E-state index in [0.717, 1.165) is 0 Å². The Labute approximate surface area is 141 Å². The molecule has 0 saturated carbocycles. The lowest BCUT2D eigenvalue weighted by Crippen LogP contribution is -2.75. The summed E-state index contributed by atoms with van der Waals surface area (Å²) in [6.07, 6.45) is -15.2. The van der Waals surface area contributed by atoms with Crippen LogP contribution in [0.15, 0.2) is 0 Å². The molecule has 0 amide bonds. The van der Waals surface area contributed by atoms with Crippen LogP contribution in [0.1, 0.15) is 0 Å². The lowest BCUT2D eigenvalue weighted by atomic mass is 9.90. The largest absolute Gasteiger partial charge is 0.460 e. The summed E-state index contributed by atoms with van der Waals surface area (Å²) in [5.74, 6) is -49.3. The van der Waals surface area contributed by atoms with Crippen molar-refractivity contribution >= 4 is 12.9 Å². The Hall–Kier alpha value is -0.880. The number of hydrogen-bond acceptors (Lipinski definition) is 2. The summed E-state index contributed by atoms with van der Waals surface area (Å²) in [5.41, 5.74) is 0. The molecule has 1 unspecified atom stereocenters. The highest BCUT2D eigenvalue weighted by atomic mass is 32.1. The average Bonchev–Trinajstić information content (AvgIpc) is 2.42. The minimum atomic E-state index is -8.60. The van der Waals surface area contributed by atoms with Crippen LogP contribution in [-0.4, -0.2) is 47.8 Å². The molecule has 0 spiro atoms. The Morgan fingerprint density at radius 2 is 0.630 bits per heavy atom. The Morgan fingerprint density at radius 1 is 0.370 bits per heavy atom. The molecule has 19 heteroatoms. The maximum absolute atomic E-state index is 13.1. The smallest absolute Gasteiger partial charge is 0.266 e. The van der Waals surface area contributed by atoms with Crippen LogP contribution in [0, 0.1) is 0 Å². The molecule has 1 nitrogen and oxygen atoms in total. The van der Waals surface area contributed by atoms with Gasteiger partial charge in [0.15, 0.2) is 0 Å². The van der Waals surface area contributed by atoms with Crippen LogP contribution < -0.4 is 0 Å². The van der Waals surface area contributed by atoms with Gasteiger partial charge in [0, 0.05) is 0 Å². The minimum absolute atomic E-state index is 1.72. The van der Waals surface area contributed by atoms with Crippen molar-refractivity contribution in [2.45, 2.75) is 47.8 Å². The predicted octanol–water partition coefficient (Wildman–Crippen LogP) is 5.81. The molecule has 0 aromatic heterocycles. The summed E-state index contributed by atoms with van der Waals surface area (Å²) < 4.78 is 215. The molecule has 1 atom stereocenters. The summed E-state index contributed by atoms with van der Waals surface area (Å²) in [4.78, 5) is 0. The van der Waals surface area contributed by atoms with E-state index >= 15 is 0 Å². The average molecular weight is 468 g/mol. The highest BCUT2D eigenvalue weighted by molar-refractivity contribution is 7.75. The maximum atomic E-state index is 13.1. The monoisotopic (exact) mass is 468 g/mol. The number of alkyl halides is 17. The number of halogens is 17. The molecule has 0 aliphatic heterocycles. The van der Waals surface area contributed by atoms with Crippen molar-refractivity contribution in [1.29, 1.82) is 0 Å². The molecule has 0 aromatic rings. The predicted molar refractivity (Wildman–Crippen MR) is 50.8 cm³/mol. The van der Waals surface area contributed by atoms with Crippen molar-refractivity contribution in [3.8, 4) is 0 Å². The lowest BCUT2D eigenvalue weighted by molar-refractivity contribution is -0.472. The topological polar surface area (TPSA) is 9.23 Å². The van der Waals surface area contributed by atoms with Crippen molar-refractivity contribution in [2.75, 3.05) is 0 Å². The van der Waals surface area contributed by atoms with Gasteiger partial charge in [-0.2, -0.15) is 74.6 Å². The first-order valence-electron chi connectivity index (χ1n) is 5.35. The fraction of sp³-hybridized carbons (Fsp3) is 1.00. The summed E-state index contributed by atoms with van der Waals surface area (Å²) in [5, 5.41) is 0. The normalized spacial score (nSPS) is 18.4. The molecule has 0 rings (SSSR count). The minimum Gasteiger partial charge on any atom is -0.266 e. The zero-order chi connectivity index (χ0) is 22.7. The second-order valence-corrected chi connectivity index (χ2v) is 4.74. The van der Waals surface area contributed by atoms with E-state index in [9.17, 15) is 74.6 Å². The van der Waals surface area contributed by atoms with Crippen LogP contribution in [0.2, 0.25) is 0 Å². The summed E-state index contributed by atoms with van der Waals surface area (Å²) in [6.45, 7) is 0. The first kappa shape index (κ1) is 26.1. The van der Waals surface area contributed by atoms with Gasteiger partial charge in [-0.3, -0.25) is 4.18 Å². The summed E-state index contributed by atoms with van der Waals surface area (Å²) in [7, 11) is 0. The standard InChI is InChI=1S/C8HF17OS/c9-1(10,3(13,14)5(17,18)7(20,21)22)2(11,12)4(15,16)6(19,26-27)8(23,24)25/h27H. The van der Waals surface area contributed by atoms with Gasteiger partial charge in [0.1, 0.15) is 0 Å². The van der Waals surface area contributed by atoms with Gasteiger partial charge in [-0.15, -0.1) is 0 Å². The lowest BCUT2D eigenvalue weighted by Gasteiger charge is -2.42. The Morgan fingerprint density at radius 3 is 0.852 bits per heavy atom. The maximum Gasteiger partial charge on any atom is 0.460 e. The zero-order valence-corrected chi connectivity index (χ0v) is 12.2. The Kier molecular flexibility index (Phi) is 6.11. The number of hydrogen-bond donors (Lipinski definition) is 1. The van der Waals surface area contributed by atoms with Crippen LogP contribution >= 0.6 is 12.9 Å². The molecule has 0 heterocycles. The SMILES string of the molecule is FC(F)(F)C(F)(F)C(F)(F)C(F)(F)C(F)(F)C(F)(F)C(F)(OS)C(F)(F)F. The fourth-order valence-electron chi connectivity index (χ4n) is 1.26. The molecule has 0 saturated heterocycles. The van der Waals surface area contributed by atoms with Gasteiger partial charge in [0.25, 0.3) is 0 Å². The second kappa shape index (κ2) is 6.31. The molecule has 27 heavy (non-hydrogen) atoms. The quantitative estimate of drug-likeness (QED) is 0.294. The molecule has 0 aliphatic carbocycles. The van der Waals surface area contributed by atoms with Gasteiger partial charge in [-0.25, -0.2) is 0 Å². The van der Waals surface area contributed by atoms with Gasteiger partial charge in [-0.05, 0) is 12.9 Å². The van der Waals surface area contributed by atoms with E-state index in [1.807, 2.05) is 4.18 Å². The van der Waals surface area contributed by atoms with Gasteiger partial charge in [0.05, 0.1) is 0 Å². The highest BCUT2D eigenvalue weighted by Crippen LogP contribution is 2.64.